The third-order valence-electron chi connectivity index (χ3n) is 23.9. The van der Waals surface area contributed by atoms with Crippen molar-refractivity contribution in [2.24, 2.45) is 17.4 Å². The minimum Gasteiger partial charge on any atom is -0.370 e. The van der Waals surface area contributed by atoms with Gasteiger partial charge in [0.25, 0.3) is 0 Å². The van der Waals surface area contributed by atoms with E-state index in [9.17, 15) is 52.7 Å². The molecule has 40 nitrogen and oxygen atoms in total. The van der Waals surface area contributed by atoms with Gasteiger partial charge in [0.15, 0.2) is 0 Å². The van der Waals surface area contributed by atoms with Crippen molar-refractivity contribution in [2.45, 2.75) is 235 Å². The lowest BCUT2D eigenvalue weighted by atomic mass is 9.99. The zero-order valence-corrected chi connectivity index (χ0v) is 77.0. The van der Waals surface area contributed by atoms with Crippen LogP contribution in [0, 0.1) is 5.92 Å². The molecule has 3 aromatic heterocycles. The maximum absolute atomic E-state index is 15.9. The van der Waals surface area contributed by atoms with Gasteiger partial charge in [-0.3, -0.25) is 86.3 Å². The molecule has 6 heterocycles. The summed E-state index contributed by atoms with van der Waals surface area (Å²) >= 11 is 0.810. The molecule has 132 heavy (non-hydrogen) atoms. The van der Waals surface area contributed by atoms with Gasteiger partial charge in [-0.25, -0.2) is 4.98 Å². The predicted octanol–water partition coefficient (Wildman–Crippen LogP) is -0.313. The number of hydrogen-bond acceptors (Lipinski definition) is 20. The van der Waals surface area contributed by atoms with Crippen LogP contribution in [0.2, 0.25) is 0 Å². The van der Waals surface area contributed by atoms with Crippen LogP contribution in [0.3, 0.4) is 0 Å². The molecule has 3 aliphatic heterocycles. The van der Waals surface area contributed by atoms with Crippen molar-refractivity contribution in [2.75, 3.05) is 65.9 Å². The van der Waals surface area contributed by atoms with E-state index in [1.54, 1.807) is 93.0 Å². The molecular formula is C91H126N22O18S. The Labute approximate surface area is 769 Å². The molecule has 3 aromatic carbocycles. The molecule has 41 heteroatoms. The number of nitrogens with one attached hydrogen (secondary N) is 14. The number of hydrogen-bond donors (Lipinski definition) is 16. The van der Waals surface area contributed by atoms with Gasteiger partial charge >= 0.3 is 0 Å². The number of likely N-dealkylation sites (N-methyl/N-ethyl adjacent to an activating group) is 4. The number of para-hydroxylation sites is 2. The van der Waals surface area contributed by atoms with Gasteiger partial charge in [0.05, 0.1) is 31.6 Å². The number of primary amides is 2. The number of rotatable bonds is 21. The molecule has 13 atom stereocenters. The molecule has 0 radical (unpaired) electrons. The van der Waals surface area contributed by atoms with E-state index in [1.165, 1.54) is 57.4 Å². The highest BCUT2D eigenvalue weighted by atomic mass is 32.2. The number of amides is 18. The number of unbranched alkanes of at least 4 members (excludes halogenated alkanes) is 2. The molecule has 3 saturated heterocycles. The van der Waals surface area contributed by atoms with Gasteiger partial charge in [0.2, 0.25) is 106 Å². The summed E-state index contributed by atoms with van der Waals surface area (Å²) in [6, 6.07) is 3.46. The average molecular weight is 1850 g/mol. The number of fused-ring (bicyclic) bond motifs is 12. The van der Waals surface area contributed by atoms with Crippen molar-refractivity contribution in [1.82, 2.24) is 103 Å². The molecule has 3 fully saturated rings. The Kier molecular flexibility index (Phi) is 38.6. The highest BCUT2D eigenvalue weighted by Crippen LogP contribution is 2.27. The van der Waals surface area contributed by atoms with Gasteiger partial charge in [0.1, 0.15) is 78.5 Å². The van der Waals surface area contributed by atoms with E-state index in [4.69, 9.17) is 11.5 Å². The van der Waals surface area contributed by atoms with E-state index in [0.717, 1.165) is 26.5 Å². The van der Waals surface area contributed by atoms with Gasteiger partial charge < -0.3 is 109 Å². The van der Waals surface area contributed by atoms with Crippen LogP contribution in [0.15, 0.2) is 104 Å². The second kappa shape index (κ2) is 49.7. The molecule has 2 bridgehead atoms. The van der Waals surface area contributed by atoms with Crippen molar-refractivity contribution in [3.8, 4) is 0 Å². The number of aromatic nitrogens is 4. The van der Waals surface area contributed by atoms with E-state index >= 15 is 33.6 Å². The Bertz CT molecular complexity index is 5080. The van der Waals surface area contributed by atoms with E-state index < -0.39 is 229 Å². The van der Waals surface area contributed by atoms with Crippen molar-refractivity contribution in [3.63, 3.8) is 0 Å². The summed E-state index contributed by atoms with van der Waals surface area (Å²) in [7, 11) is 5.36. The minimum absolute atomic E-state index is 0.0226. The molecule has 0 spiro atoms. The number of benzene rings is 3. The third-order valence-corrected chi connectivity index (χ3v) is 24.9. The Hall–Kier alpha value is -13.2. The first-order valence-corrected chi connectivity index (χ1v) is 46.1. The summed E-state index contributed by atoms with van der Waals surface area (Å²) in [5.41, 5.74) is 14.5. The Balaban J connectivity index is 1.13. The molecule has 9 rings (SSSR count). The number of H-pyrrole nitrogens is 3. The fraction of sp³-hybridized carbons (Fsp3) is 0.527. The van der Waals surface area contributed by atoms with Crippen LogP contribution in [-0.2, 0) is 112 Å². The lowest BCUT2D eigenvalue weighted by Gasteiger charge is -2.36. The predicted molar refractivity (Wildman–Crippen MR) is 489 cm³/mol. The topological polar surface area (TPSA) is 568 Å². The van der Waals surface area contributed by atoms with Gasteiger partial charge in [-0.1, -0.05) is 120 Å². The van der Waals surface area contributed by atoms with Crippen molar-refractivity contribution in [3.05, 3.63) is 126 Å². The van der Waals surface area contributed by atoms with Crippen molar-refractivity contribution in [1.29, 1.82) is 0 Å². The van der Waals surface area contributed by atoms with E-state index in [-0.39, 0.29) is 96.1 Å². The first-order valence-electron chi connectivity index (χ1n) is 44.9. The molecule has 0 unspecified atom stereocenters. The number of nitrogens with two attached hydrogens (primary N) is 2. The van der Waals surface area contributed by atoms with Gasteiger partial charge in [-0.05, 0) is 99.5 Å². The maximum Gasteiger partial charge on any atom is 0.246 e. The van der Waals surface area contributed by atoms with E-state index in [2.05, 4.69) is 78.4 Å². The van der Waals surface area contributed by atoms with Crippen LogP contribution in [0.5, 0.6) is 0 Å². The summed E-state index contributed by atoms with van der Waals surface area (Å²) in [5, 5.41) is 31.3. The highest BCUT2D eigenvalue weighted by molar-refractivity contribution is 8.00. The smallest absolute Gasteiger partial charge is 0.246 e. The molecule has 6 aromatic rings. The number of thioether (sulfide) groups is 1. The maximum atomic E-state index is 15.9. The summed E-state index contributed by atoms with van der Waals surface area (Å²) in [4.78, 5) is 284. The number of carbonyl (C=O) groups is 18. The second-order valence-corrected chi connectivity index (χ2v) is 35.4. The molecule has 714 valence electrons. The zero-order chi connectivity index (χ0) is 96.0. The Morgan fingerprint density at radius 3 is 1.71 bits per heavy atom. The Morgan fingerprint density at radius 1 is 0.515 bits per heavy atom. The van der Waals surface area contributed by atoms with E-state index in [0.29, 0.717) is 69.9 Å². The van der Waals surface area contributed by atoms with Crippen molar-refractivity contribution >= 4 is 140 Å². The normalized spacial score (nSPS) is 24.4. The highest BCUT2D eigenvalue weighted by Gasteiger charge is 2.44. The van der Waals surface area contributed by atoms with Crippen LogP contribution >= 0.6 is 11.8 Å². The summed E-state index contributed by atoms with van der Waals surface area (Å²) in [6.07, 6.45) is 5.64. The molecule has 18 N–H and O–H groups in total. The minimum atomic E-state index is -1.73. The molecule has 18 amide bonds. The quantitative estimate of drug-likeness (QED) is 0.0439. The lowest BCUT2D eigenvalue weighted by Crippen LogP contribution is -2.61. The van der Waals surface area contributed by atoms with Crippen molar-refractivity contribution < 1.29 is 86.3 Å². The van der Waals surface area contributed by atoms with Crippen LogP contribution in [-0.4, -0.2) is 295 Å². The monoisotopic (exact) mass is 1850 g/mol. The largest absolute Gasteiger partial charge is 0.370 e. The number of nitrogens with zero attached hydrogens (tertiary/aromatic N) is 6. The molecule has 0 aliphatic carbocycles. The molecule has 0 saturated carbocycles. The van der Waals surface area contributed by atoms with Gasteiger partial charge in [0, 0.05) is 125 Å². The standard InChI is InChI=1S/C91H126N22O18S/c1-10-12-31-71-85(125)103-62-30-21-22-36-95-76(116)35-34-63(82(122)107-68(41-56-45-97-61-29-20-18-27-59(56)61)89(129)112(9)73(32-13-11-2)91(131)111(71)8)102-83(123)64(40-55-44-96-60-28-19-17-26-58(55)60)100-77(117)48-109(6)87(127)66(38-52(3)4)106-84(124)65(42-57-46-94-51-99-57)104-86(126)72-33-23-37-113(72)90(130)69(43-74(92)114)105-79(119)53(5)110(7)88(128)67(39-54-24-15-14-16-25-54)101-78(118)50-132-49-70(108-81(62)121)80(120)98-47-75(93)115/h14-20,24-29,44-46,51-53,62-73,96-97H,10-13,21-23,30-43,47-50H2,1-9H3,(H2,92,114)(H2,93,115)(H,94,99)(H,95,116)(H,98,120)(H,100,117)(H,101,118)(H,102,123)(H,103,125)(H,104,126)(H,105,119)(H,106,124)(H,107,122)(H,108,121)/t53-,62-,63-,64-,65-,66-,67-,68-,69-,70-,71-,72-,73-/m0/s1. The summed E-state index contributed by atoms with van der Waals surface area (Å²) in [6.45, 7) is 7.02. The van der Waals surface area contributed by atoms with Gasteiger partial charge in [-0.2, -0.15) is 0 Å². The second-order valence-electron chi connectivity index (χ2n) is 34.4. The van der Waals surface area contributed by atoms with Crippen LogP contribution in [0.1, 0.15) is 153 Å². The number of carbonyl (C=O) groups excluding carboxylic acids is 18. The number of aromatic amines is 3. The fourth-order valence-corrected chi connectivity index (χ4v) is 17.3. The van der Waals surface area contributed by atoms with Crippen LogP contribution < -0.4 is 70.0 Å². The van der Waals surface area contributed by atoms with Gasteiger partial charge in [-0.15, -0.1) is 11.8 Å². The summed E-state index contributed by atoms with van der Waals surface area (Å²) in [5.74, 6) is -16.9. The Morgan fingerprint density at radius 2 is 1.08 bits per heavy atom. The fourth-order valence-electron chi connectivity index (χ4n) is 16.4. The first-order chi connectivity index (χ1) is 63.0. The van der Waals surface area contributed by atoms with Crippen LogP contribution in [0.4, 0.5) is 0 Å². The SMILES string of the molecule is CCCC[C@H]1C(=O)N(C)[C@@H](CCCC)C(=O)N[C@H]2CCCCNC(=O)CC[C@H](NC(=O)[C@H](Cc3c[nH]c4ccccc34)NC(=O)CN(C)C(=O)[C@H](CC(C)C)NC(=O)[C@H](Cc3cnc[nH]3)NC(=O)[C@@H]3CCCN3C(=O)[C@H](CC(N)=O)NC(=O)[C@H](C)N(C)C(=O)[C@H](Cc3ccccc3)NC(=O)CSC[C@@H](C(=O)NCC(N)=O)NC2=O)C(=O)N[C@@H](Cc2c[nH]c3ccccc23)C(=O)N1C. The molecular weight excluding hydrogens is 1720 g/mol. The lowest BCUT2D eigenvalue weighted by molar-refractivity contribution is -0.149. The summed E-state index contributed by atoms with van der Waals surface area (Å²) < 4.78 is 0. The first kappa shape index (κ1) is 102. The van der Waals surface area contributed by atoms with E-state index in [1.807, 2.05) is 26.0 Å². The zero-order valence-electron chi connectivity index (χ0n) is 76.2. The average Bonchev–Trinajstić information content (AvgIpc) is 1.12. The van der Waals surface area contributed by atoms with Crippen LogP contribution in [0.25, 0.3) is 21.8 Å². The number of imidazole rings is 1. The molecule has 3 aliphatic rings. The third kappa shape index (κ3) is 29.1.